The van der Waals surface area contributed by atoms with Gasteiger partial charge in [0.15, 0.2) is 0 Å². The van der Waals surface area contributed by atoms with Gasteiger partial charge in [0.25, 0.3) is 11.1 Å². The van der Waals surface area contributed by atoms with Gasteiger partial charge >= 0.3 is 0 Å². The minimum absolute atomic E-state index is 0.0729. The van der Waals surface area contributed by atoms with Crippen LogP contribution in [0.1, 0.15) is 56.7 Å². The SMILES string of the molecule is CCN1c2cc(C)c(/C=C3\SC(=O)N(CC(=O)Nc4cccc(Cl)c4)C3=O)cc2[C@@H](C)CC1(C)C. The number of nitrogens with one attached hydrogen (secondary N) is 1. The number of thioether (sulfide) groups is 1. The zero-order chi connectivity index (χ0) is 25.5. The number of hydrogen-bond acceptors (Lipinski definition) is 5. The highest BCUT2D eigenvalue weighted by Gasteiger charge is 2.38. The van der Waals surface area contributed by atoms with Crippen LogP contribution in [-0.2, 0) is 9.59 Å². The van der Waals surface area contributed by atoms with Gasteiger partial charge in [-0.3, -0.25) is 19.3 Å². The number of fused-ring (bicyclic) bond motifs is 1. The Balaban J connectivity index is 1.56. The van der Waals surface area contributed by atoms with Crippen molar-refractivity contribution in [2.45, 2.75) is 52.5 Å². The van der Waals surface area contributed by atoms with Gasteiger partial charge in [-0.05, 0) is 105 Å². The Morgan fingerprint density at radius 3 is 2.69 bits per heavy atom. The van der Waals surface area contributed by atoms with Gasteiger partial charge in [-0.25, -0.2) is 0 Å². The summed E-state index contributed by atoms with van der Waals surface area (Å²) in [4.78, 5) is 41.8. The molecule has 1 atom stereocenters. The summed E-state index contributed by atoms with van der Waals surface area (Å²) in [6.45, 7) is 11.5. The van der Waals surface area contributed by atoms with E-state index in [1.54, 1.807) is 30.3 Å². The molecule has 0 spiro atoms. The van der Waals surface area contributed by atoms with Crippen LogP contribution >= 0.6 is 23.4 Å². The molecule has 184 valence electrons. The quantitative estimate of drug-likeness (QED) is 0.468. The summed E-state index contributed by atoms with van der Waals surface area (Å²) in [5.74, 6) is -0.541. The molecular weight excluding hydrogens is 482 g/mol. The molecular formula is C27H30ClN3O3S. The van der Waals surface area contributed by atoms with Crippen LogP contribution in [0.25, 0.3) is 6.08 Å². The average molecular weight is 512 g/mol. The molecule has 1 fully saturated rings. The minimum Gasteiger partial charge on any atom is -0.366 e. The smallest absolute Gasteiger partial charge is 0.294 e. The third kappa shape index (κ3) is 5.11. The Morgan fingerprint density at radius 1 is 1.26 bits per heavy atom. The van der Waals surface area contributed by atoms with E-state index >= 15 is 0 Å². The number of carbonyl (C=O) groups excluding carboxylic acids is 3. The van der Waals surface area contributed by atoms with Crippen LogP contribution in [0.3, 0.4) is 0 Å². The van der Waals surface area contributed by atoms with E-state index in [-0.39, 0.29) is 12.1 Å². The normalized spacial score (nSPS) is 20.4. The van der Waals surface area contributed by atoms with Gasteiger partial charge in [-0.1, -0.05) is 24.6 Å². The van der Waals surface area contributed by atoms with Crippen molar-refractivity contribution >= 4 is 57.9 Å². The van der Waals surface area contributed by atoms with Crippen molar-refractivity contribution in [3.8, 4) is 0 Å². The second kappa shape index (κ2) is 9.70. The molecule has 6 nitrogen and oxygen atoms in total. The number of rotatable bonds is 5. The average Bonchev–Trinajstić information content (AvgIpc) is 3.02. The zero-order valence-electron chi connectivity index (χ0n) is 20.6. The lowest BCUT2D eigenvalue weighted by Crippen LogP contribution is -2.48. The molecule has 0 saturated carbocycles. The number of carbonyl (C=O) groups is 3. The number of imide groups is 1. The van der Waals surface area contributed by atoms with Gasteiger partial charge in [0, 0.05) is 28.5 Å². The van der Waals surface area contributed by atoms with Crippen LogP contribution in [-0.4, -0.2) is 40.6 Å². The Kier molecular flexibility index (Phi) is 7.02. The van der Waals surface area contributed by atoms with Crippen LogP contribution in [0.5, 0.6) is 0 Å². The third-order valence-electron chi connectivity index (χ3n) is 6.66. The van der Waals surface area contributed by atoms with E-state index in [0.29, 0.717) is 21.5 Å². The fourth-order valence-corrected chi connectivity index (χ4v) is 6.11. The van der Waals surface area contributed by atoms with Crippen molar-refractivity contribution < 1.29 is 14.4 Å². The first-order valence-corrected chi connectivity index (χ1v) is 12.9. The molecule has 2 aromatic rings. The highest BCUT2D eigenvalue weighted by Crippen LogP contribution is 2.45. The van der Waals surface area contributed by atoms with E-state index < -0.39 is 17.1 Å². The predicted molar refractivity (Wildman–Crippen MR) is 144 cm³/mol. The minimum atomic E-state index is -0.461. The molecule has 0 bridgehead atoms. The van der Waals surface area contributed by atoms with Crippen LogP contribution in [0.15, 0.2) is 41.3 Å². The summed E-state index contributed by atoms with van der Waals surface area (Å²) >= 11 is 6.82. The fourth-order valence-electron chi connectivity index (χ4n) is 5.09. The molecule has 35 heavy (non-hydrogen) atoms. The van der Waals surface area contributed by atoms with Crippen molar-refractivity contribution in [3.05, 3.63) is 63.0 Å². The van der Waals surface area contributed by atoms with Crippen LogP contribution in [0.2, 0.25) is 5.02 Å². The summed E-state index contributed by atoms with van der Waals surface area (Å²) in [6, 6.07) is 11.0. The Hall–Kier alpha value is -2.77. The van der Waals surface area contributed by atoms with Gasteiger partial charge in [0.05, 0.1) is 4.91 Å². The van der Waals surface area contributed by atoms with Gasteiger partial charge in [0.2, 0.25) is 5.91 Å². The molecule has 0 unspecified atom stereocenters. The molecule has 2 aromatic carbocycles. The van der Waals surface area contributed by atoms with Crippen LogP contribution in [0.4, 0.5) is 16.2 Å². The van der Waals surface area contributed by atoms with Gasteiger partial charge in [0.1, 0.15) is 6.54 Å². The highest BCUT2D eigenvalue weighted by molar-refractivity contribution is 8.18. The maximum atomic E-state index is 13.0. The molecule has 0 aliphatic carbocycles. The summed E-state index contributed by atoms with van der Waals surface area (Å²) in [6.07, 6.45) is 2.81. The van der Waals surface area contributed by atoms with Gasteiger partial charge < -0.3 is 10.2 Å². The fraction of sp³-hybridized carbons (Fsp3) is 0.370. The number of aryl methyl sites for hydroxylation is 1. The number of hydrogen-bond donors (Lipinski definition) is 1. The lowest BCUT2D eigenvalue weighted by atomic mass is 9.79. The molecule has 0 aromatic heterocycles. The van der Waals surface area contributed by atoms with Crippen molar-refractivity contribution in [1.82, 2.24) is 4.90 Å². The van der Waals surface area contributed by atoms with E-state index in [1.165, 1.54) is 11.3 Å². The standard InChI is InChI=1S/C27H30ClN3O3S/c1-6-31-22-10-16(2)18(11-21(22)17(3)14-27(31,4)5)12-23-25(33)30(26(34)35-23)15-24(32)29-20-9-7-8-19(28)13-20/h7-13,17H,6,14-15H2,1-5H3,(H,29,32)/b23-12-/t17-/m0/s1. The van der Waals surface area contributed by atoms with Crippen LogP contribution < -0.4 is 10.2 Å². The second-order valence-corrected chi connectivity index (χ2v) is 11.2. The summed E-state index contributed by atoms with van der Waals surface area (Å²) < 4.78 is 0. The first kappa shape index (κ1) is 25.3. The maximum Gasteiger partial charge on any atom is 0.294 e. The third-order valence-corrected chi connectivity index (χ3v) is 7.80. The summed E-state index contributed by atoms with van der Waals surface area (Å²) in [5.41, 5.74) is 5.02. The number of halogens is 1. The second-order valence-electron chi connectivity index (χ2n) is 9.76. The van der Waals surface area contributed by atoms with E-state index in [9.17, 15) is 14.4 Å². The largest absolute Gasteiger partial charge is 0.366 e. The Bertz CT molecular complexity index is 1240. The van der Waals surface area contributed by atoms with E-state index in [4.69, 9.17) is 11.6 Å². The number of nitrogens with zero attached hydrogens (tertiary/aromatic N) is 2. The molecule has 3 amide bonds. The number of benzene rings is 2. The van der Waals surface area contributed by atoms with Crippen molar-refractivity contribution in [1.29, 1.82) is 0 Å². The predicted octanol–water partition coefficient (Wildman–Crippen LogP) is 6.44. The number of anilines is 2. The van der Waals surface area contributed by atoms with Gasteiger partial charge in [-0.15, -0.1) is 0 Å². The monoisotopic (exact) mass is 511 g/mol. The van der Waals surface area contributed by atoms with Crippen molar-refractivity contribution in [3.63, 3.8) is 0 Å². The van der Waals surface area contributed by atoms with E-state index in [2.05, 4.69) is 50.0 Å². The topological polar surface area (TPSA) is 69.7 Å². The van der Waals surface area contributed by atoms with Crippen LogP contribution in [0, 0.1) is 6.92 Å². The lowest BCUT2D eigenvalue weighted by molar-refractivity contribution is -0.127. The molecule has 2 heterocycles. The molecule has 0 radical (unpaired) electrons. The Labute approximate surface area is 215 Å². The first-order chi connectivity index (χ1) is 16.5. The summed E-state index contributed by atoms with van der Waals surface area (Å²) in [7, 11) is 0. The molecule has 1 N–H and O–H groups in total. The molecule has 2 aliphatic heterocycles. The van der Waals surface area contributed by atoms with E-state index in [0.717, 1.165) is 40.8 Å². The lowest BCUT2D eigenvalue weighted by Gasteiger charge is -2.47. The van der Waals surface area contributed by atoms with Gasteiger partial charge in [-0.2, -0.15) is 0 Å². The van der Waals surface area contributed by atoms with Crippen molar-refractivity contribution in [2.75, 3.05) is 23.3 Å². The maximum absolute atomic E-state index is 13.0. The number of amides is 3. The molecule has 2 aliphatic rings. The molecule has 1 saturated heterocycles. The molecule has 4 rings (SSSR count). The Morgan fingerprint density at radius 2 is 2.00 bits per heavy atom. The van der Waals surface area contributed by atoms with Crippen molar-refractivity contribution in [2.24, 2.45) is 0 Å². The first-order valence-electron chi connectivity index (χ1n) is 11.7. The summed E-state index contributed by atoms with van der Waals surface area (Å²) in [5, 5.41) is 2.71. The zero-order valence-corrected chi connectivity index (χ0v) is 22.2. The molecule has 8 heteroatoms. The highest BCUT2D eigenvalue weighted by atomic mass is 35.5. The van der Waals surface area contributed by atoms with E-state index in [1.807, 2.05) is 6.92 Å².